The maximum absolute atomic E-state index is 9.63. The summed E-state index contributed by atoms with van der Waals surface area (Å²) in [5.74, 6) is 0. The Kier molecular flexibility index (Phi) is 10.5. The van der Waals surface area contributed by atoms with Crippen molar-refractivity contribution in [2.45, 2.75) is 38.8 Å². The van der Waals surface area contributed by atoms with Crippen LogP contribution in [0.25, 0.3) is 0 Å². The van der Waals surface area contributed by atoms with Crippen LogP contribution in [-0.2, 0) is 9.47 Å². The fraction of sp³-hybridized carbons (Fsp3) is 1.00. The van der Waals surface area contributed by atoms with Crippen molar-refractivity contribution in [3.63, 3.8) is 0 Å². The van der Waals surface area contributed by atoms with E-state index >= 15 is 0 Å². The molecule has 0 saturated heterocycles. The van der Waals surface area contributed by atoms with Crippen LogP contribution >= 0.6 is 0 Å². The molecule has 0 aromatic heterocycles. The van der Waals surface area contributed by atoms with Gasteiger partial charge in [-0.3, -0.25) is 4.90 Å². The predicted octanol–water partition coefficient (Wildman–Crippen LogP) is 0.720. The van der Waals surface area contributed by atoms with Gasteiger partial charge in [-0.2, -0.15) is 0 Å². The Bertz CT molecular complexity index is 215. The Morgan fingerprint density at radius 1 is 1.16 bits per heavy atom. The summed E-state index contributed by atoms with van der Waals surface area (Å²) in [6.45, 7) is 10.5. The highest BCUT2D eigenvalue weighted by Crippen LogP contribution is 2.08. The van der Waals surface area contributed by atoms with Crippen LogP contribution in [0.3, 0.4) is 0 Å². The Labute approximate surface area is 118 Å². The summed E-state index contributed by atoms with van der Waals surface area (Å²) in [6.07, 6.45) is 0.989. The molecule has 1 atom stereocenters. The van der Waals surface area contributed by atoms with Gasteiger partial charge in [0.25, 0.3) is 0 Å². The van der Waals surface area contributed by atoms with E-state index in [9.17, 15) is 5.11 Å². The van der Waals surface area contributed by atoms with Crippen LogP contribution in [0.2, 0.25) is 0 Å². The van der Waals surface area contributed by atoms with Gasteiger partial charge in [0.2, 0.25) is 0 Å². The first-order chi connectivity index (χ1) is 8.97. The smallest absolute Gasteiger partial charge is 0.0623 e. The topological polar surface area (TPSA) is 54.0 Å². The zero-order chi connectivity index (χ0) is 14.7. The summed E-state index contributed by atoms with van der Waals surface area (Å²) in [5, 5.41) is 13.1. The van der Waals surface area contributed by atoms with Gasteiger partial charge < -0.3 is 19.9 Å². The molecule has 0 rings (SSSR count). The first-order valence-corrected chi connectivity index (χ1v) is 7.06. The molecule has 5 nitrogen and oxygen atoms in total. The highest BCUT2D eigenvalue weighted by molar-refractivity contribution is 4.87. The number of nitrogens with zero attached hydrogens (tertiary/aromatic N) is 1. The van der Waals surface area contributed by atoms with Gasteiger partial charge in [0.15, 0.2) is 0 Å². The van der Waals surface area contributed by atoms with E-state index in [1.54, 1.807) is 14.2 Å². The van der Waals surface area contributed by atoms with Crippen LogP contribution in [0.4, 0.5) is 0 Å². The second-order valence-corrected chi connectivity index (χ2v) is 5.63. The fourth-order valence-corrected chi connectivity index (χ4v) is 2.25. The molecule has 0 heterocycles. The lowest BCUT2D eigenvalue weighted by Crippen LogP contribution is -2.56. The van der Waals surface area contributed by atoms with Gasteiger partial charge in [0.05, 0.1) is 18.8 Å². The van der Waals surface area contributed by atoms with Crippen LogP contribution in [0.5, 0.6) is 0 Å². The number of rotatable bonds is 12. The minimum Gasteiger partial charge on any atom is -0.394 e. The lowest BCUT2D eigenvalue weighted by Gasteiger charge is -2.36. The molecule has 0 aliphatic heterocycles. The average Bonchev–Trinajstić information content (AvgIpc) is 2.35. The third kappa shape index (κ3) is 9.35. The molecule has 0 aromatic carbocycles. The summed E-state index contributed by atoms with van der Waals surface area (Å²) in [5.41, 5.74) is -0.283. The van der Waals surface area contributed by atoms with Crippen molar-refractivity contribution in [3.8, 4) is 0 Å². The van der Waals surface area contributed by atoms with E-state index < -0.39 is 0 Å². The Morgan fingerprint density at radius 3 is 2.26 bits per heavy atom. The SMILES string of the molecule is COCCCN(CCOC)CC(C)(CO)NC(C)C. The third-order valence-corrected chi connectivity index (χ3v) is 2.99. The third-order valence-electron chi connectivity index (χ3n) is 2.99. The molecular formula is C14H32N2O3. The lowest BCUT2D eigenvalue weighted by molar-refractivity contribution is 0.0836. The minimum absolute atomic E-state index is 0.124. The summed E-state index contributed by atoms with van der Waals surface area (Å²) < 4.78 is 10.2. The Hall–Kier alpha value is -0.200. The predicted molar refractivity (Wildman–Crippen MR) is 78.6 cm³/mol. The molecule has 0 spiro atoms. The van der Waals surface area contributed by atoms with E-state index in [-0.39, 0.29) is 12.1 Å². The molecule has 0 aromatic rings. The van der Waals surface area contributed by atoms with Gasteiger partial charge in [-0.15, -0.1) is 0 Å². The van der Waals surface area contributed by atoms with Gasteiger partial charge in [0, 0.05) is 46.5 Å². The molecule has 2 N–H and O–H groups in total. The first-order valence-electron chi connectivity index (χ1n) is 7.06. The zero-order valence-corrected chi connectivity index (χ0v) is 13.2. The highest BCUT2D eigenvalue weighted by atomic mass is 16.5. The molecule has 0 aliphatic carbocycles. The van der Waals surface area contributed by atoms with Gasteiger partial charge in [-0.1, -0.05) is 13.8 Å². The van der Waals surface area contributed by atoms with Crippen molar-refractivity contribution in [3.05, 3.63) is 0 Å². The lowest BCUT2D eigenvalue weighted by atomic mass is 10.0. The minimum atomic E-state index is -0.283. The number of aliphatic hydroxyl groups excluding tert-OH is 1. The molecule has 19 heavy (non-hydrogen) atoms. The van der Waals surface area contributed by atoms with Crippen molar-refractivity contribution in [2.75, 3.05) is 53.7 Å². The normalized spacial score (nSPS) is 15.2. The molecular weight excluding hydrogens is 244 g/mol. The van der Waals surface area contributed by atoms with Gasteiger partial charge >= 0.3 is 0 Å². The van der Waals surface area contributed by atoms with Crippen LogP contribution < -0.4 is 5.32 Å². The van der Waals surface area contributed by atoms with E-state index in [1.165, 1.54) is 0 Å². The molecule has 1 unspecified atom stereocenters. The van der Waals surface area contributed by atoms with E-state index in [0.717, 1.165) is 32.7 Å². The van der Waals surface area contributed by atoms with Gasteiger partial charge in [-0.05, 0) is 13.3 Å². The number of hydrogen-bond acceptors (Lipinski definition) is 5. The maximum atomic E-state index is 9.63. The van der Waals surface area contributed by atoms with Gasteiger partial charge in [0.1, 0.15) is 0 Å². The van der Waals surface area contributed by atoms with Crippen molar-refractivity contribution in [2.24, 2.45) is 0 Å². The van der Waals surface area contributed by atoms with Crippen LogP contribution in [0.15, 0.2) is 0 Å². The largest absolute Gasteiger partial charge is 0.394 e. The second kappa shape index (κ2) is 10.6. The number of aliphatic hydroxyl groups is 1. The summed E-state index contributed by atoms with van der Waals surface area (Å²) in [7, 11) is 3.43. The summed E-state index contributed by atoms with van der Waals surface area (Å²) in [4.78, 5) is 2.31. The Balaban J connectivity index is 4.38. The van der Waals surface area contributed by atoms with Crippen molar-refractivity contribution < 1.29 is 14.6 Å². The van der Waals surface area contributed by atoms with Crippen LogP contribution in [0, 0.1) is 0 Å². The molecule has 116 valence electrons. The van der Waals surface area contributed by atoms with Crippen LogP contribution in [0.1, 0.15) is 27.2 Å². The summed E-state index contributed by atoms with van der Waals surface area (Å²) >= 11 is 0. The van der Waals surface area contributed by atoms with Gasteiger partial charge in [-0.25, -0.2) is 0 Å². The van der Waals surface area contributed by atoms with Crippen molar-refractivity contribution in [1.29, 1.82) is 0 Å². The molecule has 5 heteroatoms. The van der Waals surface area contributed by atoms with E-state index in [2.05, 4.69) is 31.0 Å². The van der Waals surface area contributed by atoms with Crippen molar-refractivity contribution in [1.82, 2.24) is 10.2 Å². The monoisotopic (exact) mass is 276 g/mol. The second-order valence-electron chi connectivity index (χ2n) is 5.63. The molecule has 0 amide bonds. The van der Waals surface area contributed by atoms with E-state index in [0.29, 0.717) is 12.6 Å². The zero-order valence-electron chi connectivity index (χ0n) is 13.2. The van der Waals surface area contributed by atoms with Crippen molar-refractivity contribution >= 4 is 0 Å². The maximum Gasteiger partial charge on any atom is 0.0623 e. The fourth-order valence-electron chi connectivity index (χ4n) is 2.25. The molecule has 0 fully saturated rings. The number of nitrogens with one attached hydrogen (secondary N) is 1. The molecule has 0 saturated carbocycles. The average molecular weight is 276 g/mol. The number of methoxy groups -OCH3 is 2. The standard InChI is InChI=1S/C14H32N2O3/c1-13(2)15-14(3,12-17)11-16(8-10-19-5)7-6-9-18-4/h13,15,17H,6-12H2,1-5H3. The quantitative estimate of drug-likeness (QED) is 0.515. The number of ether oxygens (including phenoxy) is 2. The first kappa shape index (κ1) is 18.8. The Morgan fingerprint density at radius 2 is 1.79 bits per heavy atom. The van der Waals surface area contributed by atoms with E-state index in [1.807, 2.05) is 0 Å². The van der Waals surface area contributed by atoms with Crippen LogP contribution in [-0.4, -0.2) is 75.3 Å². The van der Waals surface area contributed by atoms with E-state index in [4.69, 9.17) is 9.47 Å². The number of hydrogen-bond donors (Lipinski definition) is 2. The summed E-state index contributed by atoms with van der Waals surface area (Å²) in [6, 6.07) is 0.348. The highest BCUT2D eigenvalue weighted by Gasteiger charge is 2.26. The molecule has 0 radical (unpaired) electrons. The molecule has 0 aliphatic rings. The molecule has 0 bridgehead atoms.